The van der Waals surface area contributed by atoms with Crippen LogP contribution in [0.2, 0.25) is 0 Å². The first-order valence-electron chi connectivity index (χ1n) is 14.2. The van der Waals surface area contributed by atoms with E-state index in [0.717, 1.165) is 33.5 Å². The number of amides is 2. The number of hydrogen-bond donors (Lipinski definition) is 7. The summed E-state index contributed by atoms with van der Waals surface area (Å²) in [7, 11) is 1.54. The average molecular weight is 600 g/mol. The summed E-state index contributed by atoms with van der Waals surface area (Å²) in [6.45, 7) is 5.97. The molecule has 11 N–H and O–H groups in total. The van der Waals surface area contributed by atoms with E-state index < -0.39 is 11.9 Å². The molecule has 3 aromatic rings. The number of carbonyl (C=O) groups is 2. The standard InChI is InChI=1S/C32H41N9O3/c1-18-12-23(29(34)42)13-19(2)24(18)15-26(33)32(43)41(17-21-10-11-28(44-4)25(14-21)31(39-35)40-36)20(3)30-37-16-27(38-30)22-8-6-5-7-9-22/h5-14,16,20,26,30,37-38H,15,17,33,35-36H2,1-4H3,(H2,34,42)(H,39,40). The summed E-state index contributed by atoms with van der Waals surface area (Å²) in [5, 5.41) is 10.6. The molecule has 0 spiro atoms. The number of hydrazone groups is 1. The van der Waals surface area contributed by atoms with Crippen molar-refractivity contribution in [1.82, 2.24) is 21.0 Å². The third kappa shape index (κ3) is 6.93. The molecule has 3 atom stereocenters. The normalized spacial score (nSPS) is 15.8. The van der Waals surface area contributed by atoms with Crippen LogP contribution in [0.1, 0.15) is 50.7 Å². The van der Waals surface area contributed by atoms with Crippen LogP contribution >= 0.6 is 0 Å². The lowest BCUT2D eigenvalue weighted by molar-refractivity contribution is -0.136. The molecule has 0 bridgehead atoms. The van der Waals surface area contributed by atoms with Crippen molar-refractivity contribution in [2.75, 3.05) is 7.11 Å². The Morgan fingerprint density at radius 1 is 1.09 bits per heavy atom. The number of nitrogens with zero attached hydrogens (tertiary/aromatic N) is 2. The highest BCUT2D eigenvalue weighted by Gasteiger charge is 2.33. The van der Waals surface area contributed by atoms with E-state index in [4.69, 9.17) is 27.9 Å². The summed E-state index contributed by atoms with van der Waals surface area (Å²) in [5.41, 5.74) is 20.9. The monoisotopic (exact) mass is 599 g/mol. The summed E-state index contributed by atoms with van der Waals surface area (Å²) in [5.74, 6) is 11.2. The van der Waals surface area contributed by atoms with Gasteiger partial charge in [0, 0.05) is 18.3 Å². The molecule has 0 fully saturated rings. The van der Waals surface area contributed by atoms with Crippen molar-refractivity contribution in [1.29, 1.82) is 0 Å². The van der Waals surface area contributed by atoms with E-state index in [1.54, 1.807) is 23.1 Å². The first kappa shape index (κ1) is 31.9. The van der Waals surface area contributed by atoms with Crippen LogP contribution in [0.25, 0.3) is 5.70 Å². The maximum atomic E-state index is 14.2. The van der Waals surface area contributed by atoms with Crippen molar-refractivity contribution in [3.05, 3.63) is 106 Å². The molecule has 232 valence electrons. The summed E-state index contributed by atoms with van der Waals surface area (Å²) in [4.78, 5) is 27.7. The van der Waals surface area contributed by atoms with Crippen molar-refractivity contribution in [3.63, 3.8) is 0 Å². The number of hydrazine groups is 1. The predicted octanol–water partition coefficient (Wildman–Crippen LogP) is 1.30. The van der Waals surface area contributed by atoms with E-state index in [1.807, 2.05) is 69.4 Å². The highest BCUT2D eigenvalue weighted by molar-refractivity contribution is 6.00. The fourth-order valence-corrected chi connectivity index (χ4v) is 5.47. The molecule has 0 saturated carbocycles. The second kappa shape index (κ2) is 13.9. The van der Waals surface area contributed by atoms with Gasteiger partial charge in [-0.3, -0.25) is 9.59 Å². The number of rotatable bonds is 11. The van der Waals surface area contributed by atoms with Gasteiger partial charge >= 0.3 is 0 Å². The molecule has 4 rings (SSSR count). The van der Waals surface area contributed by atoms with E-state index in [-0.39, 0.29) is 36.9 Å². The molecule has 12 heteroatoms. The zero-order chi connectivity index (χ0) is 32.0. The van der Waals surface area contributed by atoms with E-state index >= 15 is 0 Å². The SMILES string of the molecule is COc1ccc(CN(C(=O)C(N)Cc2c(C)cc(C(N)=O)cc2C)C(C)C2NC=C(c3ccccc3)N2)cc1/C(=N/N)NN. The van der Waals surface area contributed by atoms with Crippen LogP contribution in [0.5, 0.6) is 5.75 Å². The smallest absolute Gasteiger partial charge is 0.248 e. The third-order valence-electron chi connectivity index (χ3n) is 7.92. The number of benzene rings is 3. The molecule has 0 aliphatic carbocycles. The average Bonchev–Trinajstić information content (AvgIpc) is 3.52. The lowest BCUT2D eigenvalue weighted by atomic mass is 9.93. The van der Waals surface area contributed by atoms with Crippen LogP contribution in [-0.2, 0) is 17.8 Å². The summed E-state index contributed by atoms with van der Waals surface area (Å²) >= 11 is 0. The molecule has 0 saturated heterocycles. The number of primary amides is 1. The molecular weight excluding hydrogens is 558 g/mol. The van der Waals surface area contributed by atoms with Gasteiger partial charge in [-0.05, 0) is 79.3 Å². The summed E-state index contributed by atoms with van der Waals surface area (Å²) in [6, 6.07) is 17.7. The van der Waals surface area contributed by atoms with Gasteiger partial charge in [0.25, 0.3) is 0 Å². The predicted molar refractivity (Wildman–Crippen MR) is 172 cm³/mol. The van der Waals surface area contributed by atoms with E-state index in [2.05, 4.69) is 21.2 Å². The van der Waals surface area contributed by atoms with Crippen LogP contribution in [-0.4, -0.2) is 47.9 Å². The molecule has 2 amide bonds. The number of methoxy groups -OCH3 is 1. The second-order valence-electron chi connectivity index (χ2n) is 10.8. The maximum Gasteiger partial charge on any atom is 0.248 e. The molecule has 12 nitrogen and oxygen atoms in total. The number of aryl methyl sites for hydroxylation is 2. The molecule has 1 heterocycles. The Kier molecular flexibility index (Phi) is 10.1. The zero-order valence-corrected chi connectivity index (χ0v) is 25.4. The fourth-order valence-electron chi connectivity index (χ4n) is 5.47. The molecule has 44 heavy (non-hydrogen) atoms. The molecular formula is C32H41N9O3. The Hall–Kier alpha value is -5.07. The van der Waals surface area contributed by atoms with Gasteiger partial charge in [-0.15, -0.1) is 0 Å². The van der Waals surface area contributed by atoms with Gasteiger partial charge in [0.2, 0.25) is 11.8 Å². The molecule has 1 aliphatic rings. The van der Waals surface area contributed by atoms with Gasteiger partial charge in [-0.2, -0.15) is 5.10 Å². The minimum atomic E-state index is -0.859. The number of amidine groups is 1. The Morgan fingerprint density at radius 3 is 2.36 bits per heavy atom. The maximum absolute atomic E-state index is 14.2. The van der Waals surface area contributed by atoms with Crippen molar-refractivity contribution in [2.45, 2.75) is 52.0 Å². The van der Waals surface area contributed by atoms with Crippen LogP contribution in [0, 0.1) is 13.8 Å². The third-order valence-corrected chi connectivity index (χ3v) is 7.92. The topological polar surface area (TPSA) is 199 Å². The van der Waals surface area contributed by atoms with Gasteiger partial charge < -0.3 is 43.0 Å². The van der Waals surface area contributed by atoms with E-state index in [9.17, 15) is 9.59 Å². The van der Waals surface area contributed by atoms with Crippen molar-refractivity contribution in [3.8, 4) is 5.75 Å². The van der Waals surface area contributed by atoms with Crippen LogP contribution in [0.4, 0.5) is 0 Å². The Bertz CT molecular complexity index is 1550. The van der Waals surface area contributed by atoms with Crippen molar-refractivity contribution >= 4 is 23.3 Å². The molecule has 1 aliphatic heterocycles. The number of ether oxygens (including phenoxy) is 1. The highest BCUT2D eigenvalue weighted by atomic mass is 16.5. The molecule has 3 unspecified atom stereocenters. The first-order valence-corrected chi connectivity index (χ1v) is 14.2. The number of nitrogens with two attached hydrogens (primary N) is 4. The minimum absolute atomic E-state index is 0.228. The number of nitrogens with one attached hydrogen (secondary N) is 3. The fraction of sp³-hybridized carbons (Fsp3) is 0.281. The van der Waals surface area contributed by atoms with Gasteiger partial charge in [0.1, 0.15) is 11.9 Å². The Morgan fingerprint density at radius 2 is 1.77 bits per heavy atom. The van der Waals surface area contributed by atoms with Crippen molar-refractivity contribution in [2.24, 2.45) is 28.3 Å². The quantitative estimate of drug-likeness (QED) is 0.0734. The van der Waals surface area contributed by atoms with Gasteiger partial charge in [0.05, 0.1) is 30.5 Å². The van der Waals surface area contributed by atoms with Crippen LogP contribution < -0.4 is 43.9 Å². The van der Waals surface area contributed by atoms with E-state index in [1.165, 1.54) is 7.11 Å². The summed E-state index contributed by atoms with van der Waals surface area (Å²) < 4.78 is 5.48. The van der Waals surface area contributed by atoms with Gasteiger partial charge in [-0.1, -0.05) is 36.4 Å². The number of hydrogen-bond acceptors (Lipinski definition) is 9. The highest BCUT2D eigenvalue weighted by Crippen LogP contribution is 2.25. The second-order valence-corrected chi connectivity index (χ2v) is 10.8. The lowest BCUT2D eigenvalue weighted by Gasteiger charge is -2.36. The molecule has 3 aromatic carbocycles. The number of carbonyl (C=O) groups excluding carboxylic acids is 2. The van der Waals surface area contributed by atoms with Gasteiger partial charge in [-0.25, -0.2) is 5.84 Å². The molecule has 0 radical (unpaired) electrons. The largest absolute Gasteiger partial charge is 0.496 e. The van der Waals surface area contributed by atoms with Crippen LogP contribution in [0.15, 0.2) is 72.0 Å². The lowest BCUT2D eigenvalue weighted by Crippen LogP contribution is -2.56. The molecule has 0 aromatic heterocycles. The van der Waals surface area contributed by atoms with E-state index in [0.29, 0.717) is 16.9 Å². The van der Waals surface area contributed by atoms with Crippen LogP contribution in [0.3, 0.4) is 0 Å². The Labute approximate surface area is 257 Å². The first-order chi connectivity index (χ1) is 21.1. The zero-order valence-electron chi connectivity index (χ0n) is 25.4. The van der Waals surface area contributed by atoms with Crippen molar-refractivity contribution < 1.29 is 14.3 Å². The summed E-state index contributed by atoms with van der Waals surface area (Å²) in [6.07, 6.45) is 1.91. The van der Waals surface area contributed by atoms with Gasteiger partial charge in [0.15, 0.2) is 5.84 Å². The Balaban J connectivity index is 1.65. The minimum Gasteiger partial charge on any atom is -0.496 e.